The van der Waals surface area contributed by atoms with Crippen LogP contribution in [0.2, 0.25) is 0 Å². The highest BCUT2D eigenvalue weighted by atomic mass is 32.2. The van der Waals surface area contributed by atoms with Gasteiger partial charge in [-0.15, -0.1) is 0 Å². The first-order valence-electron chi connectivity index (χ1n) is 10.0. The zero-order chi connectivity index (χ0) is 22.3. The van der Waals surface area contributed by atoms with E-state index < -0.39 is 15.7 Å². The highest BCUT2D eigenvalue weighted by molar-refractivity contribution is 7.91. The van der Waals surface area contributed by atoms with Crippen LogP contribution in [-0.4, -0.2) is 47.4 Å². The zero-order valence-electron chi connectivity index (χ0n) is 16.9. The Kier molecular flexibility index (Phi) is 4.98. The summed E-state index contributed by atoms with van der Waals surface area (Å²) in [5.74, 6) is -0.314. The smallest absolute Gasteiger partial charge is 0.229 e. The summed E-state index contributed by atoms with van der Waals surface area (Å²) >= 11 is 0. The molecule has 0 aliphatic carbocycles. The van der Waals surface area contributed by atoms with E-state index in [-0.39, 0.29) is 24.1 Å². The molecular weight excluding hydrogens is 433 g/mol. The van der Waals surface area contributed by atoms with Crippen molar-refractivity contribution in [3.05, 3.63) is 60.2 Å². The molecule has 0 atom stereocenters. The van der Waals surface area contributed by atoms with Crippen LogP contribution in [0.3, 0.4) is 0 Å². The summed E-state index contributed by atoms with van der Waals surface area (Å²) in [5, 5.41) is 10.8. The predicted molar refractivity (Wildman–Crippen MR) is 120 cm³/mol. The maximum atomic E-state index is 14.8. The average molecular weight is 454 g/mol. The number of aromatic amines is 1. The number of hydrogen-bond donors (Lipinski definition) is 3. The van der Waals surface area contributed by atoms with Gasteiger partial charge in [-0.05, 0) is 36.2 Å². The van der Waals surface area contributed by atoms with Gasteiger partial charge in [0.05, 0.1) is 34.2 Å². The van der Waals surface area contributed by atoms with Crippen LogP contribution < -0.4 is 16.0 Å². The summed E-state index contributed by atoms with van der Waals surface area (Å²) < 4.78 is 39.3. The van der Waals surface area contributed by atoms with Gasteiger partial charge in [0.25, 0.3) is 0 Å². The topological polar surface area (TPSA) is 130 Å². The molecule has 1 aliphatic heterocycles. The number of fused-ring (bicyclic) bond motifs is 2. The van der Waals surface area contributed by atoms with Crippen molar-refractivity contribution in [3.8, 4) is 0 Å². The summed E-state index contributed by atoms with van der Waals surface area (Å²) in [6, 6.07) is 10.6. The van der Waals surface area contributed by atoms with Crippen molar-refractivity contribution in [1.82, 2.24) is 20.2 Å². The van der Waals surface area contributed by atoms with E-state index in [0.717, 1.165) is 22.7 Å². The number of nitrogens with zero attached hydrogens (tertiary/aromatic N) is 4. The van der Waals surface area contributed by atoms with Crippen LogP contribution in [0.4, 0.5) is 27.5 Å². The van der Waals surface area contributed by atoms with E-state index in [1.807, 2.05) is 18.2 Å². The molecule has 1 aliphatic rings. The van der Waals surface area contributed by atoms with E-state index in [1.54, 1.807) is 29.3 Å². The second-order valence-electron chi connectivity index (χ2n) is 7.43. The third kappa shape index (κ3) is 3.55. The average Bonchev–Trinajstić information content (AvgIpc) is 3.38. The van der Waals surface area contributed by atoms with Crippen LogP contribution in [0, 0.1) is 5.82 Å². The highest BCUT2D eigenvalue weighted by Gasteiger charge is 2.26. The van der Waals surface area contributed by atoms with Gasteiger partial charge in [-0.25, -0.2) is 17.8 Å². The van der Waals surface area contributed by atoms with Crippen LogP contribution >= 0.6 is 0 Å². The monoisotopic (exact) mass is 453 g/mol. The van der Waals surface area contributed by atoms with Crippen molar-refractivity contribution in [2.45, 2.75) is 11.3 Å². The summed E-state index contributed by atoms with van der Waals surface area (Å²) in [5.41, 5.74) is 8.61. The van der Waals surface area contributed by atoms with E-state index in [2.05, 4.69) is 25.5 Å². The maximum Gasteiger partial charge on any atom is 0.229 e. The quantitative estimate of drug-likeness (QED) is 0.406. The lowest BCUT2D eigenvalue weighted by Crippen LogP contribution is -2.27. The molecule has 4 aromatic rings. The molecule has 0 amide bonds. The molecule has 0 saturated carbocycles. The number of aryl methyl sites for hydroxylation is 1. The SMILES string of the molecule is NCCN(c1nc(Nc2ccc3c(c2)S(=O)(=O)CC3)ncc1F)c1cccc2[nH]ncc12. The Labute approximate surface area is 183 Å². The number of sulfone groups is 1. The minimum atomic E-state index is -3.28. The van der Waals surface area contributed by atoms with Gasteiger partial charge in [-0.2, -0.15) is 10.1 Å². The molecule has 9 nitrogen and oxygen atoms in total. The Hall–Kier alpha value is -3.57. The van der Waals surface area contributed by atoms with Gasteiger partial charge in [-0.1, -0.05) is 12.1 Å². The molecule has 4 N–H and O–H groups in total. The van der Waals surface area contributed by atoms with Crippen molar-refractivity contribution in [3.63, 3.8) is 0 Å². The maximum absolute atomic E-state index is 14.8. The molecule has 0 unspecified atom stereocenters. The van der Waals surface area contributed by atoms with Crippen molar-refractivity contribution < 1.29 is 12.8 Å². The standard InChI is InChI=1S/C21H20FN7O2S/c22-16-12-24-21(26-14-5-4-13-6-9-32(30,31)19(13)10-14)27-20(16)29(8-7-23)18-3-1-2-17-15(18)11-25-28-17/h1-5,10-12H,6-9,23H2,(H,25,28)(H,24,26,27). The van der Waals surface area contributed by atoms with Crippen molar-refractivity contribution in [2.24, 2.45) is 5.73 Å². The molecule has 3 heterocycles. The van der Waals surface area contributed by atoms with E-state index in [0.29, 0.717) is 29.2 Å². The first kappa shape index (κ1) is 20.3. The molecule has 0 spiro atoms. The molecule has 0 saturated heterocycles. The van der Waals surface area contributed by atoms with Crippen molar-refractivity contribution >= 4 is 43.9 Å². The number of anilines is 4. The molecule has 0 fully saturated rings. The molecule has 32 heavy (non-hydrogen) atoms. The van der Waals surface area contributed by atoms with Gasteiger partial charge in [0.15, 0.2) is 21.5 Å². The molecule has 0 bridgehead atoms. The third-order valence-corrected chi connectivity index (χ3v) is 7.18. The first-order chi connectivity index (χ1) is 15.5. The summed E-state index contributed by atoms with van der Waals surface area (Å²) in [6.45, 7) is 0.581. The van der Waals surface area contributed by atoms with E-state index in [9.17, 15) is 12.8 Å². The lowest BCUT2D eigenvalue weighted by atomic mass is 10.1. The molecule has 0 radical (unpaired) electrons. The fourth-order valence-corrected chi connectivity index (χ4v) is 5.46. The van der Waals surface area contributed by atoms with Crippen LogP contribution in [0.15, 0.2) is 53.7 Å². The van der Waals surface area contributed by atoms with Crippen molar-refractivity contribution in [2.75, 3.05) is 29.1 Å². The first-order valence-corrected chi connectivity index (χ1v) is 11.7. The highest BCUT2D eigenvalue weighted by Crippen LogP contribution is 2.33. The Balaban J connectivity index is 1.53. The normalized spacial score (nSPS) is 14.4. The number of hydrogen-bond acceptors (Lipinski definition) is 8. The van der Waals surface area contributed by atoms with Crippen LogP contribution in [0.5, 0.6) is 0 Å². The van der Waals surface area contributed by atoms with E-state index in [1.165, 1.54) is 0 Å². The minimum absolute atomic E-state index is 0.0513. The Bertz CT molecular complexity index is 1420. The number of halogens is 1. The summed E-state index contributed by atoms with van der Waals surface area (Å²) in [4.78, 5) is 10.4. The van der Waals surface area contributed by atoms with E-state index in [4.69, 9.17) is 5.73 Å². The summed E-state index contributed by atoms with van der Waals surface area (Å²) in [7, 11) is -3.28. The molecule has 11 heteroatoms. The largest absolute Gasteiger partial charge is 0.329 e. The Morgan fingerprint density at radius 3 is 2.94 bits per heavy atom. The fraction of sp³-hybridized carbons (Fsp3) is 0.190. The van der Waals surface area contributed by atoms with Crippen LogP contribution in [0.25, 0.3) is 10.9 Å². The van der Waals surface area contributed by atoms with Gasteiger partial charge < -0.3 is 16.0 Å². The lowest BCUT2D eigenvalue weighted by molar-refractivity contribution is 0.600. The molecule has 2 aromatic carbocycles. The van der Waals surface area contributed by atoms with Gasteiger partial charge in [-0.3, -0.25) is 5.10 Å². The van der Waals surface area contributed by atoms with E-state index >= 15 is 0 Å². The minimum Gasteiger partial charge on any atom is -0.329 e. The lowest BCUT2D eigenvalue weighted by Gasteiger charge is -2.24. The second kappa shape index (κ2) is 7.84. The number of benzene rings is 2. The summed E-state index contributed by atoms with van der Waals surface area (Å²) in [6.07, 6.45) is 3.24. The predicted octanol–water partition coefficient (Wildman–Crippen LogP) is 2.66. The van der Waals surface area contributed by atoms with Gasteiger partial charge in [0.2, 0.25) is 5.95 Å². The Morgan fingerprint density at radius 2 is 2.09 bits per heavy atom. The zero-order valence-corrected chi connectivity index (χ0v) is 17.7. The van der Waals surface area contributed by atoms with Crippen LogP contribution in [0.1, 0.15) is 5.56 Å². The number of nitrogens with two attached hydrogens (primary N) is 1. The van der Waals surface area contributed by atoms with Gasteiger partial charge >= 0.3 is 0 Å². The molecule has 5 rings (SSSR count). The third-order valence-electron chi connectivity index (χ3n) is 5.39. The van der Waals surface area contributed by atoms with Gasteiger partial charge in [0.1, 0.15) is 0 Å². The number of rotatable bonds is 6. The van der Waals surface area contributed by atoms with Gasteiger partial charge in [0, 0.05) is 24.2 Å². The fourth-order valence-electron chi connectivity index (χ4n) is 3.88. The number of nitrogens with one attached hydrogen (secondary N) is 2. The Morgan fingerprint density at radius 1 is 1.22 bits per heavy atom. The van der Waals surface area contributed by atoms with Crippen molar-refractivity contribution in [1.29, 1.82) is 0 Å². The number of aromatic nitrogens is 4. The number of H-pyrrole nitrogens is 1. The molecule has 164 valence electrons. The second-order valence-corrected chi connectivity index (χ2v) is 9.51. The molecule has 2 aromatic heterocycles. The molecular formula is C21H20FN7O2S. The van der Waals surface area contributed by atoms with Crippen LogP contribution in [-0.2, 0) is 16.3 Å².